The van der Waals surface area contributed by atoms with Crippen molar-refractivity contribution in [1.29, 1.82) is 0 Å². The third-order valence-corrected chi connectivity index (χ3v) is 2.57. The summed E-state index contributed by atoms with van der Waals surface area (Å²) in [4.78, 5) is 8.21. The normalized spacial score (nSPS) is 12.1. The van der Waals surface area contributed by atoms with Crippen LogP contribution in [0.4, 0.5) is 0 Å². The van der Waals surface area contributed by atoms with E-state index < -0.39 is 0 Å². The molecule has 0 aliphatic carbocycles. The van der Waals surface area contributed by atoms with Crippen molar-refractivity contribution in [2.45, 2.75) is 12.5 Å². The average molecular weight is 229 g/mol. The van der Waals surface area contributed by atoms with Gasteiger partial charge in [0.15, 0.2) is 0 Å². The van der Waals surface area contributed by atoms with Gasteiger partial charge in [-0.15, -0.1) is 0 Å². The maximum absolute atomic E-state index is 6.10. The third kappa shape index (κ3) is 3.01. The van der Waals surface area contributed by atoms with E-state index in [4.69, 9.17) is 10.5 Å². The number of aromatic nitrogens is 2. The minimum atomic E-state index is -0.0566. The van der Waals surface area contributed by atoms with Crippen molar-refractivity contribution in [2.24, 2.45) is 5.73 Å². The second-order valence-corrected chi connectivity index (χ2v) is 3.81. The molecule has 2 rings (SSSR count). The number of rotatable bonds is 4. The molecule has 0 aliphatic heterocycles. The van der Waals surface area contributed by atoms with Gasteiger partial charge in [0.05, 0.1) is 7.11 Å². The summed E-state index contributed by atoms with van der Waals surface area (Å²) >= 11 is 0. The van der Waals surface area contributed by atoms with E-state index in [-0.39, 0.29) is 6.04 Å². The Morgan fingerprint density at radius 1 is 1.29 bits per heavy atom. The van der Waals surface area contributed by atoms with Gasteiger partial charge in [0.25, 0.3) is 0 Å². The Kier molecular flexibility index (Phi) is 3.67. The van der Waals surface area contributed by atoms with Crippen LogP contribution in [0.2, 0.25) is 0 Å². The molecule has 0 aromatic carbocycles. The van der Waals surface area contributed by atoms with Crippen LogP contribution in [0.15, 0.2) is 42.9 Å². The maximum atomic E-state index is 6.10. The molecule has 0 saturated heterocycles. The molecule has 1 unspecified atom stereocenters. The minimum Gasteiger partial charge on any atom is -0.481 e. The van der Waals surface area contributed by atoms with E-state index in [2.05, 4.69) is 9.97 Å². The average Bonchev–Trinajstić information content (AvgIpc) is 2.40. The van der Waals surface area contributed by atoms with E-state index in [0.717, 1.165) is 17.5 Å². The SMILES string of the molecule is COc1ccc(CC(N)c2cccnc2)cn1. The van der Waals surface area contributed by atoms with Gasteiger partial charge < -0.3 is 10.5 Å². The number of methoxy groups -OCH3 is 1. The lowest BCUT2D eigenvalue weighted by Gasteiger charge is -2.11. The van der Waals surface area contributed by atoms with Crippen LogP contribution in [-0.2, 0) is 6.42 Å². The first-order valence-corrected chi connectivity index (χ1v) is 5.44. The van der Waals surface area contributed by atoms with Crippen LogP contribution < -0.4 is 10.5 Å². The van der Waals surface area contributed by atoms with E-state index >= 15 is 0 Å². The van der Waals surface area contributed by atoms with Gasteiger partial charge in [-0.1, -0.05) is 12.1 Å². The summed E-state index contributed by atoms with van der Waals surface area (Å²) in [6.07, 6.45) is 6.06. The molecule has 0 bridgehead atoms. The van der Waals surface area contributed by atoms with Gasteiger partial charge in [0.1, 0.15) is 0 Å². The molecule has 2 aromatic heterocycles. The van der Waals surface area contributed by atoms with Gasteiger partial charge in [-0.3, -0.25) is 4.98 Å². The Labute approximate surface area is 100 Å². The molecule has 2 aromatic rings. The van der Waals surface area contributed by atoms with E-state index in [0.29, 0.717) is 5.88 Å². The lowest BCUT2D eigenvalue weighted by atomic mass is 10.0. The first-order valence-electron chi connectivity index (χ1n) is 5.44. The quantitative estimate of drug-likeness (QED) is 0.867. The van der Waals surface area contributed by atoms with Crippen LogP contribution in [0.5, 0.6) is 5.88 Å². The summed E-state index contributed by atoms with van der Waals surface area (Å²) in [5, 5.41) is 0. The fraction of sp³-hybridized carbons (Fsp3) is 0.231. The van der Waals surface area contributed by atoms with Crippen molar-refractivity contribution in [1.82, 2.24) is 9.97 Å². The zero-order valence-electron chi connectivity index (χ0n) is 9.71. The maximum Gasteiger partial charge on any atom is 0.212 e. The van der Waals surface area contributed by atoms with E-state index in [1.54, 1.807) is 25.7 Å². The molecule has 4 nitrogen and oxygen atoms in total. The molecule has 2 N–H and O–H groups in total. The molecule has 0 fully saturated rings. The van der Waals surface area contributed by atoms with Crippen LogP contribution in [0, 0.1) is 0 Å². The van der Waals surface area contributed by atoms with Gasteiger partial charge in [-0.25, -0.2) is 4.98 Å². The fourth-order valence-electron chi connectivity index (χ4n) is 1.62. The Balaban J connectivity index is 2.05. The van der Waals surface area contributed by atoms with Crippen molar-refractivity contribution in [3.05, 3.63) is 54.0 Å². The molecule has 17 heavy (non-hydrogen) atoms. The van der Waals surface area contributed by atoms with Crippen molar-refractivity contribution >= 4 is 0 Å². The number of ether oxygens (including phenoxy) is 1. The second kappa shape index (κ2) is 5.41. The summed E-state index contributed by atoms with van der Waals surface area (Å²) in [7, 11) is 1.60. The van der Waals surface area contributed by atoms with Gasteiger partial charge in [0, 0.05) is 30.7 Å². The zero-order chi connectivity index (χ0) is 12.1. The number of pyridine rings is 2. The standard InChI is InChI=1S/C13H15N3O/c1-17-13-5-4-10(8-16-13)7-12(14)11-3-2-6-15-9-11/h2-6,8-9,12H,7,14H2,1H3. The highest BCUT2D eigenvalue weighted by atomic mass is 16.5. The number of nitrogens with zero attached hydrogens (tertiary/aromatic N) is 2. The van der Waals surface area contributed by atoms with E-state index in [1.165, 1.54) is 0 Å². The molecule has 0 amide bonds. The summed E-state index contributed by atoms with van der Waals surface area (Å²) in [5.74, 6) is 0.615. The zero-order valence-corrected chi connectivity index (χ0v) is 9.71. The molecule has 0 spiro atoms. The van der Waals surface area contributed by atoms with Crippen LogP contribution in [0.25, 0.3) is 0 Å². The van der Waals surface area contributed by atoms with Gasteiger partial charge >= 0.3 is 0 Å². The lowest BCUT2D eigenvalue weighted by molar-refractivity contribution is 0.397. The topological polar surface area (TPSA) is 61.0 Å². The molecule has 0 aliphatic rings. The highest BCUT2D eigenvalue weighted by molar-refractivity contribution is 5.22. The number of hydrogen-bond acceptors (Lipinski definition) is 4. The summed E-state index contributed by atoms with van der Waals surface area (Å²) in [6.45, 7) is 0. The Morgan fingerprint density at radius 3 is 2.76 bits per heavy atom. The van der Waals surface area contributed by atoms with Crippen molar-refractivity contribution in [3.8, 4) is 5.88 Å². The largest absolute Gasteiger partial charge is 0.481 e. The number of nitrogens with two attached hydrogens (primary N) is 1. The second-order valence-electron chi connectivity index (χ2n) is 3.81. The van der Waals surface area contributed by atoms with Crippen LogP contribution >= 0.6 is 0 Å². The monoisotopic (exact) mass is 229 g/mol. The first-order chi connectivity index (χ1) is 8.29. The van der Waals surface area contributed by atoms with Crippen LogP contribution in [0.3, 0.4) is 0 Å². The van der Waals surface area contributed by atoms with Crippen molar-refractivity contribution < 1.29 is 4.74 Å². The van der Waals surface area contributed by atoms with Crippen LogP contribution in [-0.4, -0.2) is 17.1 Å². The van der Waals surface area contributed by atoms with Crippen LogP contribution in [0.1, 0.15) is 17.2 Å². The first kappa shape index (κ1) is 11.5. The molecule has 0 radical (unpaired) electrons. The van der Waals surface area contributed by atoms with E-state index in [1.807, 2.05) is 24.3 Å². The Morgan fingerprint density at radius 2 is 2.18 bits per heavy atom. The smallest absolute Gasteiger partial charge is 0.212 e. The van der Waals surface area contributed by atoms with Gasteiger partial charge in [-0.05, 0) is 23.6 Å². The summed E-state index contributed by atoms with van der Waals surface area (Å²) in [5.41, 5.74) is 8.21. The van der Waals surface area contributed by atoms with Gasteiger partial charge in [0.2, 0.25) is 5.88 Å². The molecule has 2 heterocycles. The molecule has 0 saturated carbocycles. The van der Waals surface area contributed by atoms with Gasteiger partial charge in [-0.2, -0.15) is 0 Å². The highest BCUT2D eigenvalue weighted by Gasteiger charge is 2.07. The highest BCUT2D eigenvalue weighted by Crippen LogP contribution is 2.15. The van der Waals surface area contributed by atoms with E-state index in [9.17, 15) is 0 Å². The Hall–Kier alpha value is -1.94. The third-order valence-electron chi connectivity index (χ3n) is 2.57. The lowest BCUT2D eigenvalue weighted by Crippen LogP contribution is -2.13. The molecular formula is C13H15N3O. The van der Waals surface area contributed by atoms with Crippen molar-refractivity contribution in [3.63, 3.8) is 0 Å². The molecule has 1 atom stereocenters. The molecule has 4 heteroatoms. The Bertz CT molecular complexity index is 456. The van der Waals surface area contributed by atoms with Crippen molar-refractivity contribution in [2.75, 3.05) is 7.11 Å². The molecule has 88 valence electrons. The fourth-order valence-corrected chi connectivity index (χ4v) is 1.62. The number of hydrogen-bond donors (Lipinski definition) is 1. The molecular weight excluding hydrogens is 214 g/mol. The minimum absolute atomic E-state index is 0.0566. The summed E-state index contributed by atoms with van der Waals surface area (Å²) in [6, 6.07) is 7.63. The predicted molar refractivity (Wildman–Crippen MR) is 65.7 cm³/mol. The summed E-state index contributed by atoms with van der Waals surface area (Å²) < 4.78 is 5.01. The predicted octanol–water partition coefficient (Wildman–Crippen LogP) is 1.73.